The molecule has 0 aromatic heterocycles. The van der Waals surface area contributed by atoms with Gasteiger partial charge in [0.05, 0.1) is 6.61 Å². The third-order valence-electron chi connectivity index (χ3n) is 2.94. The monoisotopic (exact) mass is 259 g/mol. The van der Waals surface area contributed by atoms with Crippen molar-refractivity contribution in [2.45, 2.75) is 20.4 Å². The van der Waals surface area contributed by atoms with Gasteiger partial charge in [0, 0.05) is 17.8 Å². The first-order chi connectivity index (χ1) is 9.20. The van der Waals surface area contributed by atoms with Gasteiger partial charge in [0.25, 0.3) is 0 Å². The zero-order chi connectivity index (χ0) is 13.7. The summed E-state index contributed by atoms with van der Waals surface area (Å²) in [6.45, 7) is 5.16. The molecule has 2 aromatic rings. The molecular formula is C16H18FNO. The second kappa shape index (κ2) is 6.23. The minimum Gasteiger partial charge on any atom is -0.494 e. The van der Waals surface area contributed by atoms with Gasteiger partial charge in [-0.1, -0.05) is 24.3 Å². The lowest BCUT2D eigenvalue weighted by Crippen LogP contribution is -2.04. The Morgan fingerprint density at radius 3 is 2.74 bits per heavy atom. The molecule has 1 N–H and O–H groups in total. The van der Waals surface area contributed by atoms with E-state index in [9.17, 15) is 4.39 Å². The van der Waals surface area contributed by atoms with Gasteiger partial charge in [0.1, 0.15) is 11.6 Å². The Balaban J connectivity index is 2.12. The van der Waals surface area contributed by atoms with Crippen LogP contribution in [0.5, 0.6) is 5.75 Å². The summed E-state index contributed by atoms with van der Waals surface area (Å²) in [6.07, 6.45) is 0. The maximum atomic E-state index is 13.2. The fourth-order valence-electron chi connectivity index (χ4n) is 1.92. The number of rotatable bonds is 5. The molecule has 0 spiro atoms. The molecule has 3 heteroatoms. The molecule has 0 atom stereocenters. The number of para-hydroxylation sites is 1. The zero-order valence-corrected chi connectivity index (χ0v) is 11.2. The molecule has 0 fully saturated rings. The quantitative estimate of drug-likeness (QED) is 0.871. The number of hydrogen-bond acceptors (Lipinski definition) is 2. The first kappa shape index (κ1) is 13.4. The van der Waals surface area contributed by atoms with Gasteiger partial charge in [0.15, 0.2) is 0 Å². The van der Waals surface area contributed by atoms with Gasteiger partial charge in [0.2, 0.25) is 0 Å². The van der Waals surface area contributed by atoms with Crippen molar-refractivity contribution in [1.29, 1.82) is 0 Å². The fraction of sp³-hybridized carbons (Fsp3) is 0.250. The van der Waals surface area contributed by atoms with Crippen molar-refractivity contribution in [1.82, 2.24) is 0 Å². The van der Waals surface area contributed by atoms with Crippen LogP contribution in [0, 0.1) is 12.7 Å². The average Bonchev–Trinajstić information content (AvgIpc) is 2.42. The van der Waals surface area contributed by atoms with Gasteiger partial charge in [-0.2, -0.15) is 0 Å². The van der Waals surface area contributed by atoms with Crippen LogP contribution >= 0.6 is 0 Å². The Bertz CT molecular complexity index is 554. The van der Waals surface area contributed by atoms with E-state index in [4.69, 9.17) is 4.74 Å². The molecule has 0 radical (unpaired) electrons. The van der Waals surface area contributed by atoms with Crippen molar-refractivity contribution in [3.8, 4) is 5.75 Å². The largest absolute Gasteiger partial charge is 0.494 e. The topological polar surface area (TPSA) is 21.3 Å². The highest BCUT2D eigenvalue weighted by Crippen LogP contribution is 2.21. The molecular weight excluding hydrogens is 241 g/mol. The summed E-state index contributed by atoms with van der Waals surface area (Å²) in [5.74, 6) is 0.637. The summed E-state index contributed by atoms with van der Waals surface area (Å²) in [5, 5.41) is 3.25. The van der Waals surface area contributed by atoms with Gasteiger partial charge in [-0.15, -0.1) is 0 Å². The van der Waals surface area contributed by atoms with Crippen LogP contribution in [0.25, 0.3) is 0 Å². The fourth-order valence-corrected chi connectivity index (χ4v) is 1.92. The highest BCUT2D eigenvalue weighted by atomic mass is 19.1. The van der Waals surface area contributed by atoms with Gasteiger partial charge in [-0.05, 0) is 37.6 Å². The van der Waals surface area contributed by atoms with Gasteiger partial charge >= 0.3 is 0 Å². The third kappa shape index (κ3) is 3.47. The van der Waals surface area contributed by atoms with Crippen LogP contribution in [-0.2, 0) is 6.54 Å². The predicted octanol–water partition coefficient (Wildman–Crippen LogP) is 4.14. The van der Waals surface area contributed by atoms with E-state index in [-0.39, 0.29) is 5.82 Å². The van der Waals surface area contributed by atoms with Gasteiger partial charge in [-0.3, -0.25) is 0 Å². The van der Waals surface area contributed by atoms with E-state index in [0.29, 0.717) is 13.2 Å². The lowest BCUT2D eigenvalue weighted by atomic mass is 10.1. The first-order valence-corrected chi connectivity index (χ1v) is 6.41. The summed E-state index contributed by atoms with van der Waals surface area (Å²) in [6, 6.07) is 12.6. The Hall–Kier alpha value is -2.03. The molecule has 2 aromatic carbocycles. The summed E-state index contributed by atoms with van der Waals surface area (Å²) in [5.41, 5.74) is 2.90. The Labute approximate surface area is 113 Å². The van der Waals surface area contributed by atoms with E-state index in [1.807, 2.05) is 38.1 Å². The van der Waals surface area contributed by atoms with E-state index in [2.05, 4.69) is 5.32 Å². The molecule has 0 amide bonds. The second-order valence-corrected chi connectivity index (χ2v) is 4.35. The maximum Gasteiger partial charge on any atom is 0.125 e. The standard InChI is InChI=1S/C16H18FNO/c1-3-19-16-7-5-4-6-13(16)11-18-15-10-14(17)9-8-12(15)2/h4-10,18H,3,11H2,1-2H3. The predicted molar refractivity (Wildman–Crippen MR) is 76.1 cm³/mol. The molecule has 0 saturated heterocycles. The highest BCUT2D eigenvalue weighted by Gasteiger charge is 2.04. The molecule has 19 heavy (non-hydrogen) atoms. The third-order valence-corrected chi connectivity index (χ3v) is 2.94. The Morgan fingerprint density at radius 2 is 1.95 bits per heavy atom. The molecule has 2 nitrogen and oxygen atoms in total. The molecule has 0 aliphatic rings. The average molecular weight is 259 g/mol. The smallest absolute Gasteiger partial charge is 0.125 e. The summed E-state index contributed by atoms with van der Waals surface area (Å²) in [4.78, 5) is 0. The number of nitrogens with one attached hydrogen (secondary N) is 1. The Kier molecular flexibility index (Phi) is 4.39. The molecule has 100 valence electrons. The molecule has 2 rings (SSSR count). The van der Waals surface area contributed by atoms with Crippen LogP contribution in [0.15, 0.2) is 42.5 Å². The molecule has 0 aliphatic carbocycles. The zero-order valence-electron chi connectivity index (χ0n) is 11.2. The second-order valence-electron chi connectivity index (χ2n) is 4.35. The maximum absolute atomic E-state index is 13.2. The summed E-state index contributed by atoms with van der Waals surface area (Å²) >= 11 is 0. The van der Waals surface area contributed by atoms with Crippen molar-refractivity contribution in [3.63, 3.8) is 0 Å². The number of anilines is 1. The van der Waals surface area contributed by atoms with Crippen molar-refractivity contribution in [3.05, 3.63) is 59.4 Å². The normalized spacial score (nSPS) is 10.3. The minimum atomic E-state index is -0.230. The highest BCUT2D eigenvalue weighted by molar-refractivity contribution is 5.51. The number of benzene rings is 2. The molecule has 0 aliphatic heterocycles. The molecule has 0 unspecified atom stereocenters. The van der Waals surface area contributed by atoms with Gasteiger partial charge < -0.3 is 10.1 Å². The SMILES string of the molecule is CCOc1ccccc1CNc1cc(F)ccc1C. The van der Waals surface area contributed by atoms with Crippen LogP contribution in [0.2, 0.25) is 0 Å². The van der Waals surface area contributed by atoms with E-state index < -0.39 is 0 Å². The molecule has 0 heterocycles. The van der Waals surface area contributed by atoms with E-state index in [1.165, 1.54) is 12.1 Å². The van der Waals surface area contributed by atoms with Crippen molar-refractivity contribution < 1.29 is 9.13 Å². The van der Waals surface area contributed by atoms with E-state index in [1.54, 1.807) is 6.07 Å². The van der Waals surface area contributed by atoms with E-state index in [0.717, 1.165) is 22.6 Å². The number of halogens is 1. The van der Waals surface area contributed by atoms with Crippen LogP contribution in [0.1, 0.15) is 18.1 Å². The summed E-state index contributed by atoms with van der Waals surface area (Å²) < 4.78 is 18.8. The van der Waals surface area contributed by atoms with Crippen LogP contribution in [0.3, 0.4) is 0 Å². The number of ether oxygens (including phenoxy) is 1. The first-order valence-electron chi connectivity index (χ1n) is 6.41. The number of aryl methyl sites for hydroxylation is 1. The van der Waals surface area contributed by atoms with Crippen molar-refractivity contribution in [2.24, 2.45) is 0 Å². The van der Waals surface area contributed by atoms with Crippen LogP contribution < -0.4 is 10.1 Å². The van der Waals surface area contributed by atoms with Crippen molar-refractivity contribution >= 4 is 5.69 Å². The lowest BCUT2D eigenvalue weighted by molar-refractivity contribution is 0.337. The molecule has 0 saturated carbocycles. The van der Waals surface area contributed by atoms with Gasteiger partial charge in [-0.25, -0.2) is 4.39 Å². The molecule has 0 bridgehead atoms. The summed E-state index contributed by atoms with van der Waals surface area (Å²) in [7, 11) is 0. The minimum absolute atomic E-state index is 0.230. The van der Waals surface area contributed by atoms with E-state index >= 15 is 0 Å². The number of hydrogen-bond donors (Lipinski definition) is 1. The van der Waals surface area contributed by atoms with Crippen LogP contribution in [-0.4, -0.2) is 6.61 Å². The van der Waals surface area contributed by atoms with Crippen LogP contribution in [0.4, 0.5) is 10.1 Å². The lowest BCUT2D eigenvalue weighted by Gasteiger charge is -2.13. The Morgan fingerprint density at radius 1 is 1.16 bits per heavy atom. The van der Waals surface area contributed by atoms with Crippen molar-refractivity contribution in [2.75, 3.05) is 11.9 Å².